The van der Waals surface area contributed by atoms with E-state index in [9.17, 15) is 0 Å². The molecule has 1 rings (SSSR count). The first-order valence-electron chi connectivity index (χ1n) is 8.92. The summed E-state index contributed by atoms with van der Waals surface area (Å²) < 4.78 is 0. The predicted octanol–water partition coefficient (Wildman–Crippen LogP) is 6.76. The van der Waals surface area contributed by atoms with Gasteiger partial charge in [-0.3, -0.25) is 4.90 Å². The van der Waals surface area contributed by atoms with Crippen LogP contribution in [0.25, 0.3) is 0 Å². The lowest BCUT2D eigenvalue weighted by molar-refractivity contribution is 0.255. The van der Waals surface area contributed by atoms with Gasteiger partial charge in [-0.05, 0) is 68.2 Å². The molecule has 0 aliphatic heterocycles. The normalized spacial score (nSPS) is 9.88. The van der Waals surface area contributed by atoms with E-state index in [1.54, 1.807) is 6.07 Å². The molecule has 0 aliphatic carbocycles. The number of rotatable bonds is 8. The van der Waals surface area contributed by atoms with E-state index in [0.717, 1.165) is 35.6 Å². The second-order valence-corrected chi connectivity index (χ2v) is 6.70. The fraction of sp³-hybridized carbons (Fsp3) is 0.600. The molecule has 0 atom stereocenters. The SMILES string of the molecule is C=CN.CC.CCCN(CCCC(C)C)Cc1cc(Cl)cc(Cl)c1. The Bertz CT molecular complexity index is 400. The first-order chi connectivity index (χ1) is 11.4. The first-order valence-corrected chi connectivity index (χ1v) is 9.68. The lowest BCUT2D eigenvalue weighted by Crippen LogP contribution is -2.25. The minimum Gasteiger partial charge on any atom is -0.405 e. The van der Waals surface area contributed by atoms with Crippen molar-refractivity contribution >= 4 is 23.2 Å². The zero-order valence-corrected chi connectivity index (χ0v) is 17.6. The number of hydrogen-bond donors (Lipinski definition) is 1. The zero-order chi connectivity index (χ0) is 19.0. The third kappa shape index (κ3) is 14.9. The van der Waals surface area contributed by atoms with Crippen molar-refractivity contribution in [2.75, 3.05) is 13.1 Å². The smallest absolute Gasteiger partial charge is 0.0424 e. The van der Waals surface area contributed by atoms with E-state index in [-0.39, 0.29) is 0 Å². The van der Waals surface area contributed by atoms with Gasteiger partial charge in [0.15, 0.2) is 0 Å². The molecule has 2 N–H and O–H groups in total. The van der Waals surface area contributed by atoms with E-state index in [2.05, 4.69) is 38.0 Å². The molecule has 0 saturated heterocycles. The van der Waals surface area contributed by atoms with E-state index in [4.69, 9.17) is 23.2 Å². The summed E-state index contributed by atoms with van der Waals surface area (Å²) in [6.07, 6.45) is 4.97. The topological polar surface area (TPSA) is 29.3 Å². The molecule has 0 bridgehead atoms. The van der Waals surface area contributed by atoms with Crippen molar-refractivity contribution in [2.24, 2.45) is 11.7 Å². The van der Waals surface area contributed by atoms with Gasteiger partial charge in [-0.15, -0.1) is 0 Å². The van der Waals surface area contributed by atoms with Crippen molar-refractivity contribution in [1.82, 2.24) is 4.90 Å². The van der Waals surface area contributed by atoms with Crippen LogP contribution in [0.2, 0.25) is 10.0 Å². The number of nitrogens with two attached hydrogens (primary N) is 1. The van der Waals surface area contributed by atoms with Gasteiger partial charge in [-0.1, -0.05) is 64.4 Å². The maximum atomic E-state index is 6.05. The fourth-order valence-corrected chi connectivity index (χ4v) is 2.84. The van der Waals surface area contributed by atoms with Crippen molar-refractivity contribution in [3.05, 3.63) is 46.6 Å². The zero-order valence-electron chi connectivity index (χ0n) is 16.1. The number of hydrogen-bond acceptors (Lipinski definition) is 2. The van der Waals surface area contributed by atoms with Crippen LogP contribution in [0.3, 0.4) is 0 Å². The molecule has 1 aromatic carbocycles. The van der Waals surface area contributed by atoms with Crippen LogP contribution in [0.15, 0.2) is 31.0 Å². The molecule has 140 valence electrons. The Morgan fingerprint density at radius 2 is 1.62 bits per heavy atom. The largest absolute Gasteiger partial charge is 0.405 e. The predicted molar refractivity (Wildman–Crippen MR) is 112 cm³/mol. The summed E-state index contributed by atoms with van der Waals surface area (Å²) >= 11 is 12.1. The highest BCUT2D eigenvalue weighted by atomic mass is 35.5. The average Bonchev–Trinajstić information content (AvgIpc) is 2.49. The van der Waals surface area contributed by atoms with Crippen LogP contribution in [-0.4, -0.2) is 18.0 Å². The highest BCUT2D eigenvalue weighted by Gasteiger charge is 2.07. The molecule has 0 radical (unpaired) electrons. The van der Waals surface area contributed by atoms with Crippen LogP contribution in [0.1, 0.15) is 59.4 Å². The Labute approximate surface area is 160 Å². The lowest BCUT2D eigenvalue weighted by Gasteiger charge is -2.22. The molecule has 0 aromatic heterocycles. The summed E-state index contributed by atoms with van der Waals surface area (Å²) in [6, 6.07) is 5.81. The average molecular weight is 375 g/mol. The Kier molecular flexibility index (Phi) is 18.2. The van der Waals surface area contributed by atoms with Gasteiger partial charge in [0, 0.05) is 16.6 Å². The number of nitrogens with zero attached hydrogens (tertiary/aromatic N) is 1. The monoisotopic (exact) mass is 374 g/mol. The second kappa shape index (κ2) is 17.1. The van der Waals surface area contributed by atoms with E-state index < -0.39 is 0 Å². The number of benzene rings is 1. The summed E-state index contributed by atoms with van der Waals surface area (Å²) in [5.41, 5.74) is 5.82. The Balaban J connectivity index is 0. The van der Waals surface area contributed by atoms with E-state index in [1.807, 2.05) is 26.0 Å². The van der Waals surface area contributed by atoms with Gasteiger partial charge in [0.05, 0.1) is 0 Å². The molecule has 2 nitrogen and oxygen atoms in total. The maximum absolute atomic E-state index is 6.05. The van der Waals surface area contributed by atoms with Crippen LogP contribution in [0.4, 0.5) is 0 Å². The van der Waals surface area contributed by atoms with Crippen LogP contribution in [-0.2, 0) is 6.54 Å². The third-order valence-electron chi connectivity index (χ3n) is 3.12. The highest BCUT2D eigenvalue weighted by molar-refractivity contribution is 6.34. The molecule has 4 heteroatoms. The first kappa shape index (κ1) is 25.5. The van der Waals surface area contributed by atoms with Gasteiger partial charge in [0.25, 0.3) is 0 Å². The van der Waals surface area contributed by atoms with Crippen LogP contribution < -0.4 is 5.73 Å². The van der Waals surface area contributed by atoms with Crippen molar-refractivity contribution < 1.29 is 0 Å². The van der Waals surface area contributed by atoms with Crippen LogP contribution in [0.5, 0.6) is 0 Å². The Hall–Kier alpha value is -0.700. The summed E-state index contributed by atoms with van der Waals surface area (Å²) in [7, 11) is 0. The van der Waals surface area contributed by atoms with E-state index in [1.165, 1.54) is 31.0 Å². The van der Waals surface area contributed by atoms with E-state index >= 15 is 0 Å². The van der Waals surface area contributed by atoms with Gasteiger partial charge in [0.1, 0.15) is 0 Å². The molecular weight excluding hydrogens is 339 g/mol. The Morgan fingerprint density at radius 3 is 2.04 bits per heavy atom. The van der Waals surface area contributed by atoms with Crippen molar-refractivity contribution in [3.63, 3.8) is 0 Å². The minimum absolute atomic E-state index is 0.723. The van der Waals surface area contributed by atoms with Gasteiger partial charge < -0.3 is 5.73 Å². The lowest BCUT2D eigenvalue weighted by atomic mass is 10.1. The van der Waals surface area contributed by atoms with Gasteiger partial charge in [-0.2, -0.15) is 0 Å². The molecule has 0 aliphatic rings. The maximum Gasteiger partial charge on any atom is 0.0424 e. The Morgan fingerprint density at radius 1 is 1.12 bits per heavy atom. The van der Waals surface area contributed by atoms with Gasteiger partial charge in [0.2, 0.25) is 0 Å². The summed E-state index contributed by atoms with van der Waals surface area (Å²) in [6.45, 7) is 17.1. The standard InChI is InChI=1S/C16H25Cl2N.C2H5N.C2H6/c1-4-7-19(8-5-6-13(2)3)12-14-9-15(17)11-16(18)10-14;1-2-3;1-2/h9-11,13H,4-8,12H2,1-3H3;2H,1,3H2;1-2H3. The second-order valence-electron chi connectivity index (χ2n) is 5.83. The van der Waals surface area contributed by atoms with Crippen LogP contribution >= 0.6 is 23.2 Å². The van der Waals surface area contributed by atoms with E-state index in [0.29, 0.717) is 0 Å². The van der Waals surface area contributed by atoms with Crippen molar-refractivity contribution in [3.8, 4) is 0 Å². The minimum atomic E-state index is 0.723. The molecule has 0 heterocycles. The summed E-state index contributed by atoms with van der Waals surface area (Å²) in [5.74, 6) is 0.782. The third-order valence-corrected chi connectivity index (χ3v) is 3.56. The van der Waals surface area contributed by atoms with Crippen LogP contribution in [0, 0.1) is 5.92 Å². The van der Waals surface area contributed by atoms with Crippen molar-refractivity contribution in [1.29, 1.82) is 0 Å². The highest BCUT2D eigenvalue weighted by Crippen LogP contribution is 2.20. The molecule has 0 amide bonds. The molecule has 24 heavy (non-hydrogen) atoms. The summed E-state index contributed by atoms with van der Waals surface area (Å²) in [5, 5.41) is 1.45. The molecular formula is C20H36Cl2N2. The molecule has 0 spiro atoms. The molecule has 1 aromatic rings. The molecule has 0 unspecified atom stereocenters. The quantitative estimate of drug-likeness (QED) is 0.544. The molecule has 0 saturated carbocycles. The number of halogens is 2. The molecule has 0 fully saturated rings. The fourth-order valence-electron chi connectivity index (χ4n) is 2.27. The van der Waals surface area contributed by atoms with Crippen molar-refractivity contribution in [2.45, 2.75) is 60.4 Å². The van der Waals surface area contributed by atoms with Gasteiger partial charge >= 0.3 is 0 Å². The summed E-state index contributed by atoms with van der Waals surface area (Å²) in [4.78, 5) is 2.49. The van der Waals surface area contributed by atoms with Gasteiger partial charge in [-0.25, -0.2) is 0 Å².